The Morgan fingerprint density at radius 3 is 2.28 bits per heavy atom. The molecule has 0 spiro atoms. The van der Waals surface area contributed by atoms with Gasteiger partial charge in [0.25, 0.3) is 0 Å². The van der Waals surface area contributed by atoms with E-state index >= 15 is 0 Å². The highest BCUT2D eigenvalue weighted by Crippen LogP contribution is 2.16. The first kappa shape index (κ1) is 17.5. The zero-order valence-corrected chi connectivity index (χ0v) is 14.4. The summed E-state index contributed by atoms with van der Waals surface area (Å²) in [5.41, 5.74) is 1.79. The van der Waals surface area contributed by atoms with Gasteiger partial charge in [0.15, 0.2) is 0 Å². The molecule has 0 saturated carbocycles. The molecular weight excluding hydrogens is 310 g/mol. The molecule has 0 aliphatic heterocycles. The van der Waals surface area contributed by atoms with E-state index in [2.05, 4.69) is 20.3 Å². The van der Waals surface area contributed by atoms with Gasteiger partial charge in [-0.1, -0.05) is 41.9 Å². The Hall–Kier alpha value is -0.480. The zero-order valence-electron chi connectivity index (χ0n) is 12.0. The molecule has 18 heavy (non-hydrogen) atoms. The molecule has 0 aliphatic carbocycles. The van der Waals surface area contributed by atoms with Crippen molar-refractivity contribution in [2.45, 2.75) is 46.3 Å². The standard InChI is InChI=1S/C12H16BrNOS.C2H6/c1-9(14-16(15)12(2,3)4)10-6-5-7-11(13)8-10;1-2/h5-8H,1-4H3;1-2H3/t16-;/m1./s1. The number of benzene rings is 1. The van der Waals surface area contributed by atoms with E-state index in [1.165, 1.54) is 0 Å². The zero-order chi connectivity index (χ0) is 14.3. The lowest BCUT2D eigenvalue weighted by Crippen LogP contribution is -2.20. The van der Waals surface area contributed by atoms with Gasteiger partial charge >= 0.3 is 0 Å². The molecule has 0 amide bonds. The lowest BCUT2D eigenvalue weighted by Gasteiger charge is -2.14. The number of rotatable bonds is 2. The fourth-order valence-electron chi connectivity index (χ4n) is 1.03. The highest BCUT2D eigenvalue weighted by molar-refractivity contribution is 9.10. The lowest BCUT2D eigenvalue weighted by molar-refractivity contribution is 0.650. The molecule has 102 valence electrons. The van der Waals surface area contributed by atoms with E-state index in [0.717, 1.165) is 15.7 Å². The van der Waals surface area contributed by atoms with Gasteiger partial charge in [0.05, 0.1) is 10.5 Å². The van der Waals surface area contributed by atoms with Crippen molar-refractivity contribution < 1.29 is 4.21 Å². The predicted molar refractivity (Wildman–Crippen MR) is 85.6 cm³/mol. The van der Waals surface area contributed by atoms with Crippen LogP contribution in [0.25, 0.3) is 0 Å². The van der Waals surface area contributed by atoms with Gasteiger partial charge in [0.2, 0.25) is 0 Å². The first-order valence-electron chi connectivity index (χ1n) is 6.04. The molecular formula is C14H22BrNOS. The third-order valence-corrected chi connectivity index (χ3v) is 3.97. The van der Waals surface area contributed by atoms with Crippen LogP contribution < -0.4 is 0 Å². The molecule has 0 radical (unpaired) electrons. The quantitative estimate of drug-likeness (QED) is 0.719. The Labute approximate surface area is 122 Å². The monoisotopic (exact) mass is 331 g/mol. The van der Waals surface area contributed by atoms with Crippen LogP contribution >= 0.6 is 15.9 Å². The number of nitrogens with zero attached hydrogens (tertiary/aromatic N) is 1. The molecule has 2 nitrogen and oxygen atoms in total. The smallest absolute Gasteiger partial charge is 0.145 e. The van der Waals surface area contributed by atoms with Crippen molar-refractivity contribution in [3.8, 4) is 0 Å². The molecule has 1 aromatic rings. The molecule has 0 heterocycles. The van der Waals surface area contributed by atoms with Crippen LogP contribution in [0.1, 0.15) is 47.1 Å². The largest absolute Gasteiger partial charge is 0.234 e. The van der Waals surface area contributed by atoms with E-state index < -0.39 is 11.0 Å². The normalized spacial score (nSPS) is 13.6. The molecule has 1 atom stereocenters. The fraction of sp³-hybridized carbons (Fsp3) is 0.500. The van der Waals surface area contributed by atoms with E-state index in [1.807, 2.05) is 65.8 Å². The van der Waals surface area contributed by atoms with Crippen molar-refractivity contribution in [3.63, 3.8) is 0 Å². The second-order valence-corrected chi connectivity index (χ2v) is 7.37. The van der Waals surface area contributed by atoms with Crippen molar-refractivity contribution in [1.29, 1.82) is 0 Å². The molecule has 0 bridgehead atoms. The summed E-state index contributed by atoms with van der Waals surface area (Å²) in [6.45, 7) is 11.6. The predicted octanol–water partition coefficient (Wildman–Crippen LogP) is 4.75. The molecule has 4 heteroatoms. The minimum Gasteiger partial charge on any atom is -0.234 e. The minimum absolute atomic E-state index is 0.312. The molecule has 0 fully saturated rings. The minimum atomic E-state index is -1.20. The van der Waals surface area contributed by atoms with Gasteiger partial charge in [-0.05, 0) is 45.4 Å². The third kappa shape index (κ3) is 5.91. The van der Waals surface area contributed by atoms with Crippen LogP contribution in [-0.4, -0.2) is 14.7 Å². The Morgan fingerprint density at radius 1 is 1.28 bits per heavy atom. The summed E-state index contributed by atoms with van der Waals surface area (Å²) in [7, 11) is -1.20. The van der Waals surface area contributed by atoms with Gasteiger partial charge in [-0.3, -0.25) is 0 Å². The molecule has 0 aromatic heterocycles. The van der Waals surface area contributed by atoms with E-state index in [1.54, 1.807) is 0 Å². The average Bonchev–Trinajstić information content (AvgIpc) is 2.30. The van der Waals surface area contributed by atoms with Gasteiger partial charge in [-0.2, -0.15) is 4.40 Å². The summed E-state index contributed by atoms with van der Waals surface area (Å²) in [5.74, 6) is 0. The van der Waals surface area contributed by atoms with Gasteiger partial charge in [0.1, 0.15) is 11.0 Å². The second kappa shape index (κ2) is 7.85. The van der Waals surface area contributed by atoms with Crippen LogP contribution in [0.15, 0.2) is 33.1 Å². The summed E-state index contributed by atoms with van der Waals surface area (Å²) in [6, 6.07) is 7.83. The van der Waals surface area contributed by atoms with Gasteiger partial charge in [-0.15, -0.1) is 0 Å². The highest BCUT2D eigenvalue weighted by Gasteiger charge is 2.19. The topological polar surface area (TPSA) is 29.4 Å². The van der Waals surface area contributed by atoms with Crippen LogP contribution in [0, 0.1) is 0 Å². The summed E-state index contributed by atoms with van der Waals surface area (Å²) in [4.78, 5) is 0. The van der Waals surface area contributed by atoms with Crippen LogP contribution in [0.5, 0.6) is 0 Å². The molecule has 0 saturated heterocycles. The number of hydrogen-bond donors (Lipinski definition) is 0. The second-order valence-electron chi connectivity index (χ2n) is 4.55. The maximum Gasteiger partial charge on any atom is 0.145 e. The number of hydrogen-bond acceptors (Lipinski definition) is 1. The van der Waals surface area contributed by atoms with Crippen LogP contribution in [0.4, 0.5) is 0 Å². The Bertz CT molecular complexity index is 436. The lowest BCUT2D eigenvalue weighted by atomic mass is 10.1. The van der Waals surface area contributed by atoms with Crippen LogP contribution in [0.3, 0.4) is 0 Å². The molecule has 0 unspecified atom stereocenters. The van der Waals surface area contributed by atoms with Crippen molar-refractivity contribution in [1.82, 2.24) is 0 Å². The maximum atomic E-state index is 11.8. The summed E-state index contributed by atoms with van der Waals surface area (Å²) in [6.07, 6.45) is 0. The van der Waals surface area contributed by atoms with Gasteiger partial charge in [0, 0.05) is 4.47 Å². The van der Waals surface area contributed by atoms with Gasteiger partial charge in [-0.25, -0.2) is 4.21 Å². The van der Waals surface area contributed by atoms with Crippen molar-refractivity contribution in [3.05, 3.63) is 34.3 Å². The first-order valence-corrected chi connectivity index (χ1v) is 7.94. The van der Waals surface area contributed by atoms with Crippen LogP contribution in [0.2, 0.25) is 0 Å². The summed E-state index contributed by atoms with van der Waals surface area (Å²) < 4.78 is 16.8. The van der Waals surface area contributed by atoms with E-state index in [9.17, 15) is 4.21 Å². The molecule has 1 rings (SSSR count). The Morgan fingerprint density at radius 2 is 1.83 bits per heavy atom. The van der Waals surface area contributed by atoms with E-state index in [0.29, 0.717) is 0 Å². The maximum absolute atomic E-state index is 11.8. The SMILES string of the molecule is CC.CC(=N[S@](=O)C(C)(C)C)c1cccc(Br)c1. The van der Waals surface area contributed by atoms with E-state index in [4.69, 9.17) is 0 Å². The summed E-state index contributed by atoms with van der Waals surface area (Å²) >= 11 is 3.41. The molecule has 1 aromatic carbocycles. The van der Waals surface area contributed by atoms with Crippen LogP contribution in [-0.2, 0) is 11.0 Å². The molecule has 0 aliphatic rings. The van der Waals surface area contributed by atoms with Crippen molar-refractivity contribution in [2.24, 2.45) is 4.40 Å². The number of halogens is 1. The Kier molecular flexibility index (Phi) is 7.64. The van der Waals surface area contributed by atoms with E-state index in [-0.39, 0.29) is 4.75 Å². The Balaban J connectivity index is 0.00000137. The summed E-state index contributed by atoms with van der Waals surface area (Å²) in [5, 5.41) is 0. The van der Waals surface area contributed by atoms with Crippen molar-refractivity contribution >= 4 is 32.6 Å². The first-order chi connectivity index (χ1) is 8.30. The highest BCUT2D eigenvalue weighted by atomic mass is 79.9. The fourth-order valence-corrected chi connectivity index (χ4v) is 2.05. The third-order valence-electron chi connectivity index (χ3n) is 1.99. The van der Waals surface area contributed by atoms with Gasteiger partial charge < -0.3 is 0 Å². The molecule has 0 N–H and O–H groups in total. The average molecular weight is 332 g/mol. The van der Waals surface area contributed by atoms with Crippen molar-refractivity contribution in [2.75, 3.05) is 0 Å².